The van der Waals surface area contributed by atoms with Gasteiger partial charge in [-0.25, -0.2) is 0 Å². The first-order valence-corrected chi connectivity index (χ1v) is 16.6. The summed E-state index contributed by atoms with van der Waals surface area (Å²) in [5.74, 6) is 0.773. The lowest BCUT2D eigenvalue weighted by molar-refractivity contribution is 0.126. The van der Waals surface area contributed by atoms with Gasteiger partial charge < -0.3 is 24.6 Å². The maximum Gasteiger partial charge on any atom is 0.0423 e. The number of aliphatic imine (C=N–C) groups is 1. The minimum absolute atomic E-state index is 0.699. The Bertz CT molecular complexity index is 551. The van der Waals surface area contributed by atoms with E-state index < -0.39 is 0 Å². The standard InChI is InChI=1S/C9H18N2.C8H18N2.2C8H17N/c1-8(2)11-5-4-9(7-11)6-10-3;1-8(2)10-6-4-9(3)5-7-10;2*1-8(2)9-6-4-3-5-7-9/h8-9H,3-7H2,1-2H3;8H,4-7H2,1-3H3;2*8H,3-7H2,1-2H3. The molecule has 4 saturated heterocycles. The van der Waals surface area contributed by atoms with Gasteiger partial charge in [0.05, 0.1) is 0 Å². The second-order valence-electron chi connectivity index (χ2n) is 13.5. The Morgan fingerprint density at radius 1 is 0.538 bits per heavy atom. The smallest absolute Gasteiger partial charge is 0.0423 e. The molecule has 6 heteroatoms. The van der Waals surface area contributed by atoms with Crippen LogP contribution in [0, 0.1) is 5.92 Å². The topological polar surface area (TPSA) is 28.6 Å². The average Bonchev–Trinajstić information content (AvgIpc) is 3.40. The SMILES string of the molecule is C=NCC1CCN(C(C)C)C1.CC(C)N1CCCCC1.CC(C)N1CCCCC1.CC(C)N1CCN(C)CC1. The minimum atomic E-state index is 0.699. The van der Waals surface area contributed by atoms with Gasteiger partial charge in [0.2, 0.25) is 0 Å². The highest BCUT2D eigenvalue weighted by Crippen LogP contribution is 2.18. The van der Waals surface area contributed by atoms with E-state index in [1.165, 1.54) is 110 Å². The van der Waals surface area contributed by atoms with Gasteiger partial charge in [-0.3, -0.25) is 4.90 Å². The van der Waals surface area contributed by atoms with Crippen LogP contribution in [0.25, 0.3) is 0 Å². The molecular formula is C33H70N6. The van der Waals surface area contributed by atoms with Gasteiger partial charge >= 0.3 is 0 Å². The summed E-state index contributed by atoms with van der Waals surface area (Å²) in [5, 5.41) is 0. The van der Waals surface area contributed by atoms with E-state index in [2.05, 4.69) is 98.6 Å². The van der Waals surface area contributed by atoms with E-state index in [0.717, 1.165) is 30.6 Å². The number of nitrogens with zero attached hydrogens (tertiary/aromatic N) is 6. The summed E-state index contributed by atoms with van der Waals surface area (Å²) in [6.45, 7) is 35.4. The fourth-order valence-corrected chi connectivity index (χ4v) is 5.87. The van der Waals surface area contributed by atoms with Crippen molar-refractivity contribution in [1.29, 1.82) is 0 Å². The second-order valence-corrected chi connectivity index (χ2v) is 13.5. The van der Waals surface area contributed by atoms with E-state index in [-0.39, 0.29) is 0 Å². The van der Waals surface area contributed by atoms with Gasteiger partial charge in [-0.15, -0.1) is 0 Å². The van der Waals surface area contributed by atoms with Crippen LogP contribution < -0.4 is 0 Å². The van der Waals surface area contributed by atoms with Gasteiger partial charge in [0.1, 0.15) is 0 Å². The fraction of sp³-hybridized carbons (Fsp3) is 0.970. The summed E-state index contributed by atoms with van der Waals surface area (Å²) in [7, 11) is 2.19. The molecule has 0 bridgehead atoms. The minimum Gasteiger partial charge on any atom is -0.304 e. The van der Waals surface area contributed by atoms with E-state index in [9.17, 15) is 0 Å². The van der Waals surface area contributed by atoms with Crippen molar-refractivity contribution in [3.05, 3.63) is 0 Å². The zero-order valence-corrected chi connectivity index (χ0v) is 28.0. The molecule has 0 N–H and O–H groups in total. The fourth-order valence-electron chi connectivity index (χ4n) is 5.87. The normalized spacial score (nSPS) is 24.2. The van der Waals surface area contributed by atoms with Crippen LogP contribution in [0.4, 0.5) is 0 Å². The number of piperidine rings is 2. The van der Waals surface area contributed by atoms with Crippen LogP contribution in [0.2, 0.25) is 0 Å². The van der Waals surface area contributed by atoms with Gasteiger partial charge in [-0.05, 0) is 140 Å². The third-order valence-electron chi connectivity index (χ3n) is 8.94. The lowest BCUT2D eigenvalue weighted by atomic mass is 10.1. The molecule has 4 fully saturated rings. The average molecular weight is 551 g/mol. The molecule has 4 heterocycles. The number of likely N-dealkylation sites (N-methyl/N-ethyl adjacent to an activating group) is 1. The van der Waals surface area contributed by atoms with Gasteiger partial charge in [-0.2, -0.15) is 0 Å². The largest absolute Gasteiger partial charge is 0.304 e. The van der Waals surface area contributed by atoms with Gasteiger partial charge in [0.15, 0.2) is 0 Å². The third kappa shape index (κ3) is 16.5. The molecular weight excluding hydrogens is 480 g/mol. The molecule has 0 aromatic rings. The molecule has 0 aromatic carbocycles. The zero-order valence-electron chi connectivity index (χ0n) is 28.0. The van der Waals surface area contributed by atoms with Crippen molar-refractivity contribution in [2.24, 2.45) is 10.9 Å². The van der Waals surface area contributed by atoms with Crippen molar-refractivity contribution in [1.82, 2.24) is 24.5 Å². The van der Waals surface area contributed by atoms with E-state index in [1.807, 2.05) is 0 Å². The molecule has 0 spiro atoms. The number of hydrogen-bond acceptors (Lipinski definition) is 6. The summed E-state index contributed by atoms with van der Waals surface area (Å²) >= 11 is 0. The van der Waals surface area contributed by atoms with Crippen LogP contribution in [-0.2, 0) is 0 Å². The predicted octanol–water partition coefficient (Wildman–Crippen LogP) is 5.82. The molecule has 0 aromatic heterocycles. The molecule has 6 nitrogen and oxygen atoms in total. The highest BCUT2D eigenvalue weighted by atomic mass is 15.3. The molecule has 4 aliphatic rings. The van der Waals surface area contributed by atoms with Crippen molar-refractivity contribution >= 4 is 6.72 Å². The van der Waals surface area contributed by atoms with Gasteiger partial charge in [0, 0.05) is 63.4 Å². The highest BCUT2D eigenvalue weighted by Gasteiger charge is 2.23. The Morgan fingerprint density at radius 3 is 1.23 bits per heavy atom. The van der Waals surface area contributed by atoms with Crippen molar-refractivity contribution < 1.29 is 0 Å². The molecule has 0 aliphatic carbocycles. The number of likely N-dealkylation sites (tertiary alicyclic amines) is 3. The van der Waals surface area contributed by atoms with Crippen LogP contribution >= 0.6 is 0 Å². The highest BCUT2D eigenvalue weighted by molar-refractivity contribution is 5.23. The summed E-state index contributed by atoms with van der Waals surface area (Å²) in [6, 6.07) is 2.97. The molecule has 0 saturated carbocycles. The van der Waals surface area contributed by atoms with E-state index in [4.69, 9.17) is 0 Å². The molecule has 0 amide bonds. The Kier molecular flexibility index (Phi) is 19.9. The van der Waals surface area contributed by atoms with Gasteiger partial charge in [0.25, 0.3) is 0 Å². The summed E-state index contributed by atoms with van der Waals surface area (Å²) in [4.78, 5) is 16.5. The molecule has 1 unspecified atom stereocenters. The van der Waals surface area contributed by atoms with Gasteiger partial charge in [-0.1, -0.05) is 12.8 Å². The molecule has 4 rings (SSSR count). The van der Waals surface area contributed by atoms with Crippen molar-refractivity contribution in [3.8, 4) is 0 Å². The molecule has 4 aliphatic heterocycles. The Morgan fingerprint density at radius 2 is 0.923 bits per heavy atom. The van der Waals surface area contributed by atoms with Crippen molar-refractivity contribution in [3.63, 3.8) is 0 Å². The molecule has 0 radical (unpaired) electrons. The van der Waals surface area contributed by atoms with Crippen LogP contribution in [0.15, 0.2) is 4.99 Å². The van der Waals surface area contributed by atoms with Crippen molar-refractivity contribution in [2.75, 3.05) is 79.0 Å². The second kappa shape index (κ2) is 21.2. The molecule has 1 atom stereocenters. The number of hydrogen-bond donors (Lipinski definition) is 0. The summed E-state index contributed by atoms with van der Waals surface area (Å²) in [5.41, 5.74) is 0. The summed E-state index contributed by atoms with van der Waals surface area (Å²) < 4.78 is 0. The van der Waals surface area contributed by atoms with Crippen molar-refractivity contribution in [2.45, 2.75) is 125 Å². The van der Waals surface area contributed by atoms with E-state index in [0.29, 0.717) is 6.04 Å². The lowest BCUT2D eigenvalue weighted by Crippen LogP contribution is -2.47. The predicted molar refractivity (Wildman–Crippen MR) is 175 cm³/mol. The third-order valence-corrected chi connectivity index (χ3v) is 8.94. The monoisotopic (exact) mass is 551 g/mol. The quantitative estimate of drug-likeness (QED) is 0.389. The van der Waals surface area contributed by atoms with Crippen LogP contribution in [0.5, 0.6) is 0 Å². The Balaban J connectivity index is 0.000000261. The van der Waals surface area contributed by atoms with E-state index in [1.54, 1.807) is 0 Å². The maximum atomic E-state index is 3.93. The number of piperazine rings is 1. The molecule has 232 valence electrons. The van der Waals surface area contributed by atoms with E-state index >= 15 is 0 Å². The summed E-state index contributed by atoms with van der Waals surface area (Å²) in [6.07, 6.45) is 9.86. The van der Waals surface area contributed by atoms with Crippen LogP contribution in [0.1, 0.15) is 100 Å². The number of rotatable bonds is 6. The first kappa shape index (κ1) is 36.5. The lowest BCUT2D eigenvalue weighted by Gasteiger charge is -2.34. The first-order chi connectivity index (χ1) is 18.5. The maximum absolute atomic E-state index is 3.93. The molecule has 39 heavy (non-hydrogen) atoms. The van der Waals surface area contributed by atoms with Crippen LogP contribution in [-0.4, -0.2) is 134 Å². The Hall–Kier alpha value is -0.530. The van der Waals surface area contributed by atoms with Crippen LogP contribution in [0.3, 0.4) is 0 Å². The Labute approximate surface area is 245 Å². The zero-order chi connectivity index (χ0) is 29.2. The first-order valence-electron chi connectivity index (χ1n) is 16.6.